The minimum absolute atomic E-state index is 0.196. The molecule has 4 rings (SSSR count). The number of amides is 4. The van der Waals surface area contributed by atoms with Crippen molar-refractivity contribution < 1.29 is 23.9 Å². The predicted octanol–water partition coefficient (Wildman–Crippen LogP) is 6.32. The van der Waals surface area contributed by atoms with Gasteiger partial charge in [-0.2, -0.15) is 0 Å². The van der Waals surface area contributed by atoms with Crippen molar-refractivity contribution in [1.82, 2.24) is 5.32 Å². The van der Waals surface area contributed by atoms with Crippen LogP contribution in [0.2, 0.25) is 10.0 Å². The van der Waals surface area contributed by atoms with Gasteiger partial charge >= 0.3 is 6.03 Å². The zero-order valence-electron chi connectivity index (χ0n) is 19.1. The number of anilines is 1. The van der Waals surface area contributed by atoms with E-state index in [-0.39, 0.29) is 17.2 Å². The lowest BCUT2D eigenvalue weighted by atomic mass is 10.1. The zero-order chi connectivity index (χ0) is 26.0. The van der Waals surface area contributed by atoms with E-state index in [4.69, 9.17) is 32.7 Å². The van der Waals surface area contributed by atoms with E-state index in [1.54, 1.807) is 43.3 Å². The van der Waals surface area contributed by atoms with E-state index >= 15 is 0 Å². The van der Waals surface area contributed by atoms with Crippen molar-refractivity contribution in [1.29, 1.82) is 0 Å². The van der Waals surface area contributed by atoms with Crippen LogP contribution in [0.25, 0.3) is 6.08 Å². The summed E-state index contributed by atoms with van der Waals surface area (Å²) < 4.78 is 12.1. The van der Waals surface area contributed by atoms with Crippen LogP contribution in [0.1, 0.15) is 16.7 Å². The minimum Gasteiger partial charge on any atom is -0.493 e. The van der Waals surface area contributed by atoms with Crippen molar-refractivity contribution in [3.63, 3.8) is 0 Å². The maximum atomic E-state index is 13.2. The zero-order valence-corrected chi connectivity index (χ0v) is 22.2. The van der Waals surface area contributed by atoms with E-state index in [0.717, 1.165) is 14.9 Å². The van der Waals surface area contributed by atoms with Gasteiger partial charge in [0.15, 0.2) is 11.5 Å². The molecule has 1 aliphatic heterocycles. The van der Waals surface area contributed by atoms with Gasteiger partial charge in [-0.1, -0.05) is 51.3 Å². The Labute approximate surface area is 225 Å². The SMILES string of the molecule is COc1cc(/C=C2/C(=O)NC(=O)N(c3ccc(Br)cc3C)C2=O)cc(Cl)c1OCc1cccc(Cl)c1. The summed E-state index contributed by atoms with van der Waals surface area (Å²) >= 11 is 15.9. The molecular weight excluding hydrogens is 571 g/mol. The van der Waals surface area contributed by atoms with E-state index in [1.165, 1.54) is 19.3 Å². The maximum Gasteiger partial charge on any atom is 0.335 e. The summed E-state index contributed by atoms with van der Waals surface area (Å²) in [5.74, 6) is -0.974. The van der Waals surface area contributed by atoms with Gasteiger partial charge in [-0.05, 0) is 72.2 Å². The van der Waals surface area contributed by atoms with E-state index in [0.29, 0.717) is 33.3 Å². The molecule has 1 heterocycles. The molecule has 1 N–H and O–H groups in total. The highest BCUT2D eigenvalue weighted by atomic mass is 79.9. The molecule has 7 nitrogen and oxygen atoms in total. The van der Waals surface area contributed by atoms with Crippen molar-refractivity contribution >= 4 is 68.7 Å². The van der Waals surface area contributed by atoms with Crippen molar-refractivity contribution in [3.8, 4) is 11.5 Å². The van der Waals surface area contributed by atoms with Crippen LogP contribution in [0.5, 0.6) is 11.5 Å². The molecule has 0 aliphatic carbocycles. The fourth-order valence-electron chi connectivity index (χ4n) is 3.66. The van der Waals surface area contributed by atoms with Gasteiger partial charge in [0, 0.05) is 9.50 Å². The summed E-state index contributed by atoms with van der Waals surface area (Å²) in [6.45, 7) is 1.95. The standard InChI is InChI=1S/C26H19BrCl2N2O5/c1-14-8-17(27)6-7-21(14)31-25(33)19(24(32)30-26(31)34)10-16-11-20(29)23(22(12-16)35-2)36-13-15-4-3-5-18(28)9-15/h3-12H,13H2,1-2H3,(H,30,32,34)/b19-10-. The van der Waals surface area contributed by atoms with Gasteiger partial charge in [0.05, 0.1) is 17.8 Å². The number of hydrogen-bond donors (Lipinski definition) is 1. The van der Waals surface area contributed by atoms with Crippen molar-refractivity contribution in [3.05, 3.63) is 91.4 Å². The Kier molecular flexibility index (Phi) is 7.68. The number of carbonyl (C=O) groups excluding carboxylic acids is 3. The van der Waals surface area contributed by atoms with Gasteiger partial charge in [-0.25, -0.2) is 9.69 Å². The van der Waals surface area contributed by atoms with Gasteiger partial charge in [0.1, 0.15) is 12.2 Å². The normalized spacial score (nSPS) is 14.8. The fraction of sp³-hybridized carbons (Fsp3) is 0.115. The average Bonchev–Trinajstić information content (AvgIpc) is 2.82. The number of halogens is 3. The Hall–Kier alpha value is -3.33. The van der Waals surface area contributed by atoms with Crippen LogP contribution >= 0.6 is 39.1 Å². The highest BCUT2D eigenvalue weighted by Crippen LogP contribution is 2.38. The molecule has 0 spiro atoms. The number of nitrogens with one attached hydrogen (secondary N) is 1. The number of nitrogens with zero attached hydrogens (tertiary/aromatic N) is 1. The number of rotatable bonds is 6. The number of methoxy groups -OCH3 is 1. The van der Waals surface area contributed by atoms with Gasteiger partial charge in [0.2, 0.25) is 0 Å². The highest BCUT2D eigenvalue weighted by molar-refractivity contribution is 9.10. The molecule has 1 saturated heterocycles. The summed E-state index contributed by atoms with van der Waals surface area (Å²) in [7, 11) is 1.45. The van der Waals surface area contributed by atoms with E-state index in [2.05, 4.69) is 21.2 Å². The number of carbonyl (C=O) groups is 3. The first-order chi connectivity index (χ1) is 17.2. The quantitative estimate of drug-likeness (QED) is 0.269. The van der Waals surface area contributed by atoms with Crippen molar-refractivity contribution in [2.24, 2.45) is 0 Å². The molecule has 0 bridgehead atoms. The molecule has 3 aromatic rings. The van der Waals surface area contributed by atoms with E-state index in [1.807, 2.05) is 12.1 Å². The summed E-state index contributed by atoms with van der Waals surface area (Å²) in [5.41, 5.74) is 2.05. The first-order valence-electron chi connectivity index (χ1n) is 10.6. The minimum atomic E-state index is -0.826. The molecule has 0 unspecified atom stereocenters. The molecule has 184 valence electrons. The number of imide groups is 2. The number of hydrogen-bond acceptors (Lipinski definition) is 5. The summed E-state index contributed by atoms with van der Waals surface area (Å²) in [6, 6.07) is 14.6. The number of ether oxygens (including phenoxy) is 2. The molecule has 0 saturated carbocycles. The Morgan fingerprint density at radius 2 is 1.83 bits per heavy atom. The predicted molar refractivity (Wildman–Crippen MR) is 142 cm³/mol. The molecule has 1 aliphatic rings. The number of urea groups is 1. The second-order valence-electron chi connectivity index (χ2n) is 7.84. The maximum absolute atomic E-state index is 13.2. The second kappa shape index (κ2) is 10.7. The summed E-state index contributed by atoms with van der Waals surface area (Å²) in [4.78, 5) is 39.3. The van der Waals surface area contributed by atoms with Crippen LogP contribution in [0, 0.1) is 6.92 Å². The van der Waals surface area contributed by atoms with Crippen LogP contribution < -0.4 is 19.7 Å². The smallest absolute Gasteiger partial charge is 0.335 e. The van der Waals surface area contributed by atoms with Gasteiger partial charge in [0.25, 0.3) is 11.8 Å². The number of aryl methyl sites for hydroxylation is 1. The molecule has 1 fully saturated rings. The molecule has 10 heteroatoms. The Balaban J connectivity index is 1.66. The third-order valence-corrected chi connectivity index (χ3v) is 6.35. The summed E-state index contributed by atoms with van der Waals surface area (Å²) in [6.07, 6.45) is 1.35. The molecule has 0 aromatic heterocycles. The van der Waals surface area contributed by atoms with E-state index in [9.17, 15) is 14.4 Å². The Bertz CT molecular complexity index is 1420. The first kappa shape index (κ1) is 25.8. The lowest BCUT2D eigenvalue weighted by Gasteiger charge is -2.27. The largest absolute Gasteiger partial charge is 0.493 e. The van der Waals surface area contributed by atoms with Crippen molar-refractivity contribution in [2.75, 3.05) is 12.0 Å². The average molecular weight is 590 g/mol. The number of benzene rings is 3. The van der Waals surface area contributed by atoms with Crippen LogP contribution in [0.3, 0.4) is 0 Å². The Morgan fingerprint density at radius 3 is 2.53 bits per heavy atom. The summed E-state index contributed by atoms with van der Waals surface area (Å²) in [5, 5.41) is 3.01. The lowest BCUT2D eigenvalue weighted by Crippen LogP contribution is -2.54. The van der Waals surface area contributed by atoms with Gasteiger partial charge in [-0.3, -0.25) is 14.9 Å². The fourth-order valence-corrected chi connectivity index (χ4v) is 4.62. The third kappa shape index (κ3) is 5.41. The van der Waals surface area contributed by atoms with Crippen molar-refractivity contribution in [2.45, 2.75) is 13.5 Å². The van der Waals surface area contributed by atoms with Crippen LogP contribution in [-0.4, -0.2) is 25.0 Å². The Morgan fingerprint density at radius 1 is 1.06 bits per heavy atom. The van der Waals surface area contributed by atoms with Crippen LogP contribution in [0.4, 0.5) is 10.5 Å². The number of barbiturate groups is 1. The first-order valence-corrected chi connectivity index (χ1v) is 12.1. The molecule has 3 aromatic carbocycles. The second-order valence-corrected chi connectivity index (χ2v) is 9.60. The monoisotopic (exact) mass is 588 g/mol. The molecule has 4 amide bonds. The third-order valence-electron chi connectivity index (χ3n) is 5.34. The van der Waals surface area contributed by atoms with Crippen LogP contribution in [-0.2, 0) is 16.2 Å². The molecular formula is C26H19BrCl2N2O5. The molecule has 0 radical (unpaired) electrons. The molecule has 0 atom stereocenters. The van der Waals surface area contributed by atoms with E-state index < -0.39 is 17.8 Å². The van der Waals surface area contributed by atoms with Gasteiger partial charge < -0.3 is 9.47 Å². The highest BCUT2D eigenvalue weighted by Gasteiger charge is 2.37. The van der Waals surface area contributed by atoms with Gasteiger partial charge in [-0.15, -0.1) is 0 Å². The molecule has 36 heavy (non-hydrogen) atoms. The van der Waals surface area contributed by atoms with Crippen LogP contribution in [0.15, 0.2) is 64.6 Å². The lowest BCUT2D eigenvalue weighted by molar-refractivity contribution is -0.122. The topological polar surface area (TPSA) is 84.9 Å².